The first kappa shape index (κ1) is 13.9. The summed E-state index contributed by atoms with van der Waals surface area (Å²) < 4.78 is 0. The predicted molar refractivity (Wildman–Crippen MR) is 87.4 cm³/mol. The summed E-state index contributed by atoms with van der Waals surface area (Å²) in [5.41, 5.74) is 5.17. The van der Waals surface area contributed by atoms with Crippen LogP contribution in [0.5, 0.6) is 0 Å². The van der Waals surface area contributed by atoms with Crippen LogP contribution < -0.4 is 0 Å². The smallest absolute Gasteiger partial charge is 0.132 e. The van der Waals surface area contributed by atoms with E-state index in [9.17, 15) is 0 Å². The molecule has 1 aliphatic rings. The molecule has 1 heterocycles. The Morgan fingerprint density at radius 1 is 1.05 bits per heavy atom. The summed E-state index contributed by atoms with van der Waals surface area (Å²) in [6, 6.07) is 19.3. The van der Waals surface area contributed by atoms with E-state index in [4.69, 9.17) is 4.84 Å². The van der Waals surface area contributed by atoms with Gasteiger partial charge < -0.3 is 4.84 Å². The maximum atomic E-state index is 5.41. The van der Waals surface area contributed by atoms with Gasteiger partial charge in [-0.1, -0.05) is 59.8 Å². The first-order valence-corrected chi connectivity index (χ1v) is 7.65. The van der Waals surface area contributed by atoms with Crippen molar-refractivity contribution in [3.05, 3.63) is 60.2 Å². The minimum Gasteiger partial charge on any atom is -0.392 e. The predicted octanol–water partition coefficient (Wildman–Crippen LogP) is 4.84. The number of aryl methyl sites for hydroxylation is 1. The molecule has 21 heavy (non-hydrogen) atoms. The third-order valence-corrected chi connectivity index (χ3v) is 3.96. The van der Waals surface area contributed by atoms with Gasteiger partial charge in [0, 0.05) is 6.42 Å². The molecule has 0 unspecified atom stereocenters. The van der Waals surface area contributed by atoms with Crippen LogP contribution in [0.2, 0.25) is 0 Å². The van der Waals surface area contributed by atoms with Crippen molar-refractivity contribution < 1.29 is 4.84 Å². The van der Waals surface area contributed by atoms with Gasteiger partial charge >= 0.3 is 0 Å². The van der Waals surface area contributed by atoms with Gasteiger partial charge in [-0.25, -0.2) is 0 Å². The largest absolute Gasteiger partial charge is 0.392 e. The molecule has 0 aliphatic carbocycles. The second-order valence-corrected chi connectivity index (χ2v) is 5.67. The Morgan fingerprint density at radius 3 is 2.57 bits per heavy atom. The normalized spacial score (nSPS) is 17.4. The van der Waals surface area contributed by atoms with E-state index in [1.165, 1.54) is 16.7 Å². The van der Waals surface area contributed by atoms with Gasteiger partial charge in [-0.15, -0.1) is 0 Å². The van der Waals surface area contributed by atoms with Gasteiger partial charge in [-0.2, -0.15) is 0 Å². The summed E-state index contributed by atoms with van der Waals surface area (Å²) in [6.45, 7) is 2.03. The van der Waals surface area contributed by atoms with E-state index in [1.54, 1.807) is 0 Å². The molecule has 3 rings (SSSR count). The number of nitrogens with zero attached hydrogens (tertiary/aromatic N) is 1. The van der Waals surface area contributed by atoms with Gasteiger partial charge in [0.25, 0.3) is 0 Å². The van der Waals surface area contributed by atoms with Crippen LogP contribution >= 0.6 is 0 Å². The van der Waals surface area contributed by atoms with Crippen LogP contribution in [-0.2, 0) is 11.3 Å². The second kappa shape index (κ2) is 6.57. The molecule has 2 heteroatoms. The molecule has 2 nitrogen and oxygen atoms in total. The molecule has 0 N–H and O–H groups in total. The fraction of sp³-hybridized carbons (Fsp3) is 0.316. The van der Waals surface area contributed by atoms with Gasteiger partial charge in [0.1, 0.15) is 6.10 Å². The Kier molecular flexibility index (Phi) is 4.34. The summed E-state index contributed by atoms with van der Waals surface area (Å²) in [4.78, 5) is 5.41. The fourth-order valence-corrected chi connectivity index (χ4v) is 2.88. The van der Waals surface area contributed by atoms with E-state index in [1.807, 2.05) is 6.92 Å². The lowest BCUT2D eigenvalue weighted by Gasteiger charge is -2.11. The molecule has 108 valence electrons. The monoisotopic (exact) mass is 279 g/mol. The average Bonchev–Trinajstić information content (AvgIpc) is 2.94. The minimum absolute atomic E-state index is 0.286. The highest BCUT2D eigenvalue weighted by Gasteiger charge is 2.17. The first-order chi connectivity index (χ1) is 10.3. The Balaban J connectivity index is 1.63. The van der Waals surface area contributed by atoms with Crippen molar-refractivity contribution in [2.24, 2.45) is 5.16 Å². The van der Waals surface area contributed by atoms with E-state index < -0.39 is 0 Å². The maximum Gasteiger partial charge on any atom is 0.132 e. The highest BCUT2D eigenvalue weighted by atomic mass is 16.6. The molecular formula is C19H21NO. The number of hydrogen-bond acceptors (Lipinski definition) is 2. The Hall–Kier alpha value is -2.09. The molecule has 0 fully saturated rings. The maximum absolute atomic E-state index is 5.41. The molecule has 1 atom stereocenters. The van der Waals surface area contributed by atoms with E-state index in [-0.39, 0.29) is 6.10 Å². The average molecular weight is 279 g/mol. The topological polar surface area (TPSA) is 21.6 Å². The highest BCUT2D eigenvalue weighted by molar-refractivity contribution is 5.82. The second-order valence-electron chi connectivity index (χ2n) is 5.67. The molecule has 0 radical (unpaired) electrons. The number of oxime groups is 1. The van der Waals surface area contributed by atoms with Crippen molar-refractivity contribution >= 4 is 5.71 Å². The zero-order valence-electron chi connectivity index (χ0n) is 12.5. The zero-order valence-corrected chi connectivity index (χ0v) is 12.5. The summed E-state index contributed by atoms with van der Waals surface area (Å²) >= 11 is 0. The zero-order chi connectivity index (χ0) is 14.5. The number of rotatable bonds is 5. The molecule has 2 aromatic rings. The van der Waals surface area contributed by atoms with Crippen LogP contribution in [0.1, 0.15) is 31.7 Å². The summed E-state index contributed by atoms with van der Waals surface area (Å²) in [5, 5.41) is 4.03. The lowest BCUT2D eigenvalue weighted by Crippen LogP contribution is -2.07. The number of hydrogen-bond donors (Lipinski definition) is 0. The third kappa shape index (κ3) is 3.52. The van der Waals surface area contributed by atoms with E-state index in [0.717, 1.165) is 31.4 Å². The van der Waals surface area contributed by atoms with Crippen LogP contribution in [0, 0.1) is 0 Å². The van der Waals surface area contributed by atoms with Crippen molar-refractivity contribution in [1.82, 2.24) is 0 Å². The molecule has 0 bridgehead atoms. The Bertz CT molecular complexity index is 618. The van der Waals surface area contributed by atoms with Gasteiger partial charge in [0.05, 0.1) is 5.71 Å². The van der Waals surface area contributed by atoms with E-state index in [0.29, 0.717) is 0 Å². The lowest BCUT2D eigenvalue weighted by atomic mass is 9.95. The molecule has 0 saturated carbocycles. The molecule has 0 saturated heterocycles. The number of benzene rings is 2. The minimum atomic E-state index is 0.286. The van der Waals surface area contributed by atoms with Crippen molar-refractivity contribution in [3.8, 4) is 11.1 Å². The molecule has 0 spiro atoms. The van der Waals surface area contributed by atoms with Crippen molar-refractivity contribution in [2.45, 2.75) is 38.7 Å². The van der Waals surface area contributed by atoms with Crippen LogP contribution in [-0.4, -0.2) is 11.8 Å². The van der Waals surface area contributed by atoms with Crippen molar-refractivity contribution in [1.29, 1.82) is 0 Å². The van der Waals surface area contributed by atoms with Gasteiger partial charge in [0.15, 0.2) is 0 Å². The molecule has 0 aromatic heterocycles. The van der Waals surface area contributed by atoms with Crippen LogP contribution in [0.4, 0.5) is 0 Å². The fourth-order valence-electron chi connectivity index (χ4n) is 2.88. The van der Waals surface area contributed by atoms with Crippen LogP contribution in [0.3, 0.4) is 0 Å². The third-order valence-electron chi connectivity index (χ3n) is 3.96. The molecule has 2 aromatic carbocycles. The summed E-state index contributed by atoms with van der Waals surface area (Å²) in [7, 11) is 0. The molecule has 1 aliphatic heterocycles. The van der Waals surface area contributed by atoms with E-state index >= 15 is 0 Å². The van der Waals surface area contributed by atoms with E-state index in [2.05, 4.69) is 59.8 Å². The molecule has 0 amide bonds. The first-order valence-electron chi connectivity index (χ1n) is 7.65. The Labute approximate surface area is 126 Å². The molecular weight excluding hydrogens is 258 g/mol. The summed E-state index contributed by atoms with van der Waals surface area (Å²) in [5.74, 6) is 0. The standard InChI is InChI=1S/C19H21NO/c1-15-14-18(21-20-15)12-7-11-17-10-5-6-13-19(17)16-8-3-2-4-9-16/h2-6,8-10,13,18H,7,11-12,14H2,1H3/t18-/m1/s1. The highest BCUT2D eigenvalue weighted by Crippen LogP contribution is 2.25. The summed E-state index contributed by atoms with van der Waals surface area (Å²) in [6.07, 6.45) is 4.57. The van der Waals surface area contributed by atoms with Gasteiger partial charge in [-0.3, -0.25) is 0 Å². The van der Waals surface area contributed by atoms with Crippen molar-refractivity contribution in [3.63, 3.8) is 0 Å². The Morgan fingerprint density at radius 2 is 1.81 bits per heavy atom. The van der Waals surface area contributed by atoms with Crippen LogP contribution in [0.25, 0.3) is 11.1 Å². The van der Waals surface area contributed by atoms with Gasteiger partial charge in [0.2, 0.25) is 0 Å². The quantitative estimate of drug-likeness (QED) is 0.767. The van der Waals surface area contributed by atoms with Crippen molar-refractivity contribution in [2.75, 3.05) is 0 Å². The lowest BCUT2D eigenvalue weighted by molar-refractivity contribution is 0.0777. The van der Waals surface area contributed by atoms with Crippen LogP contribution in [0.15, 0.2) is 59.8 Å². The SMILES string of the molecule is CC1=NO[C@H](CCCc2ccccc2-c2ccccc2)C1. The van der Waals surface area contributed by atoms with Gasteiger partial charge in [-0.05, 0) is 42.9 Å².